The Hall–Kier alpha value is -3.08. The Balaban J connectivity index is 1.85. The van der Waals surface area contributed by atoms with Crippen molar-refractivity contribution in [1.82, 2.24) is 4.90 Å². The zero-order valence-electron chi connectivity index (χ0n) is 19.3. The van der Waals surface area contributed by atoms with Gasteiger partial charge in [0.15, 0.2) is 11.6 Å². The summed E-state index contributed by atoms with van der Waals surface area (Å²) in [6.07, 6.45) is 0. The standard InChI is InChI=1S/C29H31NO3/c1-20-10-9-15-24(21(20)2)27-25(28(32)22-11-5-3-6-12-22)18-30(16-17-31)19-26(27)29(33)23-13-7-4-8-14-23/h3-15,25-27,31H,16-19H2,1-2H3/t25-,26+,27+. The Morgan fingerprint density at radius 1 is 0.788 bits per heavy atom. The molecule has 3 atom stereocenters. The second-order valence-electron chi connectivity index (χ2n) is 8.97. The lowest BCUT2D eigenvalue weighted by atomic mass is 9.67. The number of benzene rings is 3. The molecule has 0 spiro atoms. The van der Waals surface area contributed by atoms with Gasteiger partial charge in [-0.2, -0.15) is 0 Å². The molecule has 0 amide bonds. The number of carbonyl (C=O) groups is 2. The molecule has 0 bridgehead atoms. The van der Waals surface area contributed by atoms with Crippen LogP contribution in [-0.4, -0.2) is 47.8 Å². The number of piperidine rings is 1. The van der Waals surface area contributed by atoms with Gasteiger partial charge in [-0.15, -0.1) is 0 Å². The SMILES string of the molecule is Cc1cccc([C@@H]2[C@@H](C(=O)c3ccccc3)CN(CCO)C[C@H]2C(=O)c2ccccc2)c1C. The molecule has 1 aliphatic heterocycles. The second kappa shape index (κ2) is 10.2. The van der Waals surface area contributed by atoms with E-state index in [1.165, 1.54) is 0 Å². The number of hydrogen-bond acceptors (Lipinski definition) is 4. The van der Waals surface area contributed by atoms with E-state index in [4.69, 9.17) is 0 Å². The van der Waals surface area contributed by atoms with Gasteiger partial charge in [0.25, 0.3) is 0 Å². The van der Waals surface area contributed by atoms with Gasteiger partial charge < -0.3 is 5.11 Å². The van der Waals surface area contributed by atoms with Gasteiger partial charge in [-0.1, -0.05) is 78.9 Å². The summed E-state index contributed by atoms with van der Waals surface area (Å²) in [5, 5.41) is 9.65. The van der Waals surface area contributed by atoms with E-state index >= 15 is 0 Å². The number of nitrogens with zero attached hydrogens (tertiary/aromatic N) is 1. The summed E-state index contributed by atoms with van der Waals surface area (Å²) in [6, 6.07) is 24.9. The molecule has 0 saturated carbocycles. The Kier molecular flexibility index (Phi) is 7.17. The van der Waals surface area contributed by atoms with Gasteiger partial charge in [0.05, 0.1) is 6.61 Å². The van der Waals surface area contributed by atoms with E-state index in [1.54, 1.807) is 0 Å². The third-order valence-corrected chi connectivity index (χ3v) is 6.99. The lowest BCUT2D eigenvalue weighted by Gasteiger charge is -2.43. The molecule has 1 N–H and O–H groups in total. The van der Waals surface area contributed by atoms with Crippen LogP contribution in [0, 0.1) is 25.7 Å². The maximum absolute atomic E-state index is 13.8. The maximum Gasteiger partial charge on any atom is 0.167 e. The van der Waals surface area contributed by atoms with Crippen molar-refractivity contribution in [3.8, 4) is 0 Å². The molecule has 4 rings (SSSR count). The van der Waals surface area contributed by atoms with Gasteiger partial charge in [0.2, 0.25) is 0 Å². The summed E-state index contributed by atoms with van der Waals surface area (Å²) in [5.41, 5.74) is 4.68. The summed E-state index contributed by atoms with van der Waals surface area (Å²) < 4.78 is 0. The fourth-order valence-corrected chi connectivity index (χ4v) is 5.16. The largest absolute Gasteiger partial charge is 0.395 e. The van der Waals surface area contributed by atoms with Crippen molar-refractivity contribution in [3.05, 3.63) is 107 Å². The molecule has 0 aliphatic carbocycles. The number of aliphatic hydroxyl groups is 1. The van der Waals surface area contributed by atoms with E-state index in [-0.39, 0.29) is 35.9 Å². The van der Waals surface area contributed by atoms with E-state index in [0.29, 0.717) is 30.8 Å². The highest BCUT2D eigenvalue weighted by molar-refractivity contribution is 6.02. The third kappa shape index (κ3) is 4.82. The van der Waals surface area contributed by atoms with Crippen LogP contribution in [0.4, 0.5) is 0 Å². The molecule has 1 heterocycles. The normalized spacial score (nSPS) is 21.0. The minimum Gasteiger partial charge on any atom is -0.395 e. The lowest BCUT2D eigenvalue weighted by Crippen LogP contribution is -2.51. The van der Waals surface area contributed by atoms with Crippen LogP contribution >= 0.6 is 0 Å². The Labute approximate surface area is 195 Å². The monoisotopic (exact) mass is 441 g/mol. The van der Waals surface area contributed by atoms with Crippen molar-refractivity contribution < 1.29 is 14.7 Å². The van der Waals surface area contributed by atoms with Crippen molar-refractivity contribution in [2.24, 2.45) is 11.8 Å². The van der Waals surface area contributed by atoms with Gasteiger partial charge in [0.1, 0.15) is 0 Å². The Morgan fingerprint density at radius 2 is 1.30 bits per heavy atom. The van der Waals surface area contributed by atoms with E-state index in [1.807, 2.05) is 66.7 Å². The van der Waals surface area contributed by atoms with Crippen molar-refractivity contribution in [1.29, 1.82) is 0 Å². The van der Waals surface area contributed by atoms with E-state index in [2.05, 4.69) is 30.9 Å². The predicted molar refractivity (Wildman–Crippen MR) is 131 cm³/mol. The van der Waals surface area contributed by atoms with E-state index in [0.717, 1.165) is 16.7 Å². The first-order valence-corrected chi connectivity index (χ1v) is 11.6. The van der Waals surface area contributed by atoms with Crippen LogP contribution < -0.4 is 0 Å². The topological polar surface area (TPSA) is 57.6 Å². The molecule has 33 heavy (non-hydrogen) atoms. The molecule has 1 saturated heterocycles. The first kappa shape index (κ1) is 23.1. The quantitative estimate of drug-likeness (QED) is 0.540. The number of hydrogen-bond donors (Lipinski definition) is 1. The summed E-state index contributed by atoms with van der Waals surface area (Å²) in [4.78, 5) is 29.7. The molecule has 0 aromatic heterocycles. The predicted octanol–water partition coefficient (Wildman–Crippen LogP) is 4.69. The fraction of sp³-hybridized carbons (Fsp3) is 0.310. The molecule has 4 nitrogen and oxygen atoms in total. The molecular weight excluding hydrogens is 410 g/mol. The summed E-state index contributed by atoms with van der Waals surface area (Å²) in [5.74, 6) is -0.901. The molecular formula is C29H31NO3. The second-order valence-corrected chi connectivity index (χ2v) is 8.97. The van der Waals surface area contributed by atoms with Gasteiger partial charge in [-0.05, 0) is 30.5 Å². The van der Waals surface area contributed by atoms with Gasteiger partial charge in [0, 0.05) is 48.5 Å². The highest BCUT2D eigenvalue weighted by Crippen LogP contribution is 2.42. The van der Waals surface area contributed by atoms with Crippen LogP contribution in [0.15, 0.2) is 78.9 Å². The smallest absolute Gasteiger partial charge is 0.167 e. The minimum atomic E-state index is -0.383. The summed E-state index contributed by atoms with van der Waals surface area (Å²) >= 11 is 0. The van der Waals surface area contributed by atoms with E-state index < -0.39 is 0 Å². The van der Waals surface area contributed by atoms with Gasteiger partial charge in [-0.3, -0.25) is 14.5 Å². The first-order chi connectivity index (χ1) is 16.0. The highest BCUT2D eigenvalue weighted by atomic mass is 16.3. The van der Waals surface area contributed by atoms with Crippen molar-refractivity contribution in [2.75, 3.05) is 26.2 Å². The molecule has 1 aliphatic rings. The van der Waals surface area contributed by atoms with Crippen LogP contribution in [-0.2, 0) is 0 Å². The van der Waals surface area contributed by atoms with E-state index in [9.17, 15) is 14.7 Å². The molecule has 0 radical (unpaired) electrons. The number of aliphatic hydroxyl groups excluding tert-OH is 1. The zero-order chi connectivity index (χ0) is 23.4. The molecule has 1 fully saturated rings. The van der Waals surface area contributed by atoms with Crippen molar-refractivity contribution in [2.45, 2.75) is 19.8 Å². The number of β-amino-alcohol motifs (C(OH)–C–C–N with tert-alkyl or cyclic N) is 1. The van der Waals surface area contributed by atoms with Crippen LogP contribution in [0.5, 0.6) is 0 Å². The third-order valence-electron chi connectivity index (χ3n) is 6.99. The first-order valence-electron chi connectivity index (χ1n) is 11.6. The number of Topliss-reactive ketones (excluding diaryl/α,β-unsaturated/α-hetero) is 2. The Morgan fingerprint density at radius 3 is 1.79 bits per heavy atom. The number of aryl methyl sites for hydroxylation is 1. The van der Waals surface area contributed by atoms with Crippen LogP contribution in [0.3, 0.4) is 0 Å². The molecule has 4 heteroatoms. The summed E-state index contributed by atoms with van der Waals surface area (Å²) in [6.45, 7) is 5.62. The average Bonchev–Trinajstić information content (AvgIpc) is 2.86. The fourth-order valence-electron chi connectivity index (χ4n) is 5.16. The molecule has 3 aromatic rings. The van der Waals surface area contributed by atoms with Crippen LogP contribution in [0.2, 0.25) is 0 Å². The minimum absolute atomic E-state index is 0.00731. The van der Waals surface area contributed by atoms with Crippen LogP contribution in [0.1, 0.15) is 43.3 Å². The number of ketones is 2. The average molecular weight is 442 g/mol. The zero-order valence-corrected chi connectivity index (χ0v) is 19.3. The highest BCUT2D eigenvalue weighted by Gasteiger charge is 2.45. The molecule has 0 unspecified atom stereocenters. The van der Waals surface area contributed by atoms with Crippen molar-refractivity contribution >= 4 is 11.6 Å². The molecule has 170 valence electrons. The maximum atomic E-state index is 13.8. The number of rotatable bonds is 7. The van der Waals surface area contributed by atoms with Crippen LogP contribution in [0.25, 0.3) is 0 Å². The summed E-state index contributed by atoms with van der Waals surface area (Å²) in [7, 11) is 0. The van der Waals surface area contributed by atoms with Gasteiger partial charge >= 0.3 is 0 Å². The molecule has 3 aromatic carbocycles. The van der Waals surface area contributed by atoms with Crippen molar-refractivity contribution in [3.63, 3.8) is 0 Å². The van der Waals surface area contributed by atoms with Gasteiger partial charge in [-0.25, -0.2) is 0 Å². The Bertz CT molecular complexity index is 1050. The lowest BCUT2D eigenvalue weighted by molar-refractivity contribution is 0.0529. The number of carbonyl (C=O) groups excluding carboxylic acids is 2. The number of likely N-dealkylation sites (tertiary alicyclic amines) is 1.